The Labute approximate surface area is 181 Å². The largest absolute Gasteiger partial charge is 0.547 e. The average Bonchev–Trinajstić information content (AvgIpc) is 2.77. The van der Waals surface area contributed by atoms with Crippen LogP contribution in [0.15, 0.2) is 12.1 Å². The number of aromatic nitrogens is 4. The Kier molecular flexibility index (Phi) is 12.1. The van der Waals surface area contributed by atoms with Crippen molar-refractivity contribution in [3.8, 4) is 23.5 Å². The third kappa shape index (κ3) is 10.0. The first kappa shape index (κ1) is 27.8. The van der Waals surface area contributed by atoms with E-state index in [1.54, 1.807) is 12.1 Å². The third-order valence-electron chi connectivity index (χ3n) is 3.07. The molecule has 2 aromatic rings. The van der Waals surface area contributed by atoms with Crippen molar-refractivity contribution < 1.29 is 53.9 Å². The summed E-state index contributed by atoms with van der Waals surface area (Å²) < 4.78 is 19.4. The second kappa shape index (κ2) is 13.9. The number of carboxylic acids is 2. The van der Waals surface area contributed by atoms with Crippen molar-refractivity contribution in [1.29, 1.82) is 0 Å². The number of aliphatic hydroxyl groups is 2. The van der Waals surface area contributed by atoms with E-state index in [9.17, 15) is 14.7 Å². The number of anilines is 2. The van der Waals surface area contributed by atoms with Gasteiger partial charge in [-0.05, 0) is 4.98 Å². The number of ether oxygens (including phenoxy) is 4. The number of aromatic amines is 1. The fourth-order valence-electron chi connectivity index (χ4n) is 1.56. The minimum Gasteiger partial charge on any atom is -0.547 e. The van der Waals surface area contributed by atoms with E-state index < -0.39 is 24.1 Å². The summed E-state index contributed by atoms with van der Waals surface area (Å²) in [6.45, 7) is 0. The van der Waals surface area contributed by atoms with Crippen LogP contribution in [-0.2, 0) is 9.59 Å². The SMILES string of the molecule is COc1cc(OC)[nH+]c(N)n1.COc1cc(OC)nc(N)n1.O=C([O-])[C@H](O)[C@@H](O)C(=O)O. The molecule has 16 heteroatoms. The number of nitrogens with two attached hydrogens (primary N) is 2. The van der Waals surface area contributed by atoms with Crippen molar-refractivity contribution in [2.45, 2.75) is 12.2 Å². The molecule has 2 aromatic heterocycles. The summed E-state index contributed by atoms with van der Waals surface area (Å²) >= 11 is 0. The second-order valence-electron chi connectivity index (χ2n) is 5.23. The standard InChI is InChI=1S/2C6H9N3O2.C4H6O6/c2*1-10-4-3-5(11-2)9-6(7)8-4;5-1(3(7)8)2(6)4(9)10/h2*3H,1-2H3,(H2,7,8,9);1-2,5-6H,(H,7,8)(H,9,10)/t;;1-,2-/m..1/s1. The monoisotopic (exact) mass is 460 g/mol. The van der Waals surface area contributed by atoms with E-state index in [-0.39, 0.29) is 11.9 Å². The number of methoxy groups -OCH3 is 4. The normalized spacial score (nSPS) is 11.3. The van der Waals surface area contributed by atoms with Crippen molar-refractivity contribution in [2.75, 3.05) is 39.9 Å². The molecule has 0 amide bonds. The van der Waals surface area contributed by atoms with Crippen LogP contribution >= 0.6 is 0 Å². The van der Waals surface area contributed by atoms with Gasteiger partial charge in [0.1, 0.15) is 6.10 Å². The molecule has 32 heavy (non-hydrogen) atoms. The average molecular weight is 460 g/mol. The van der Waals surface area contributed by atoms with Gasteiger partial charge in [0.15, 0.2) is 6.10 Å². The van der Waals surface area contributed by atoms with Crippen molar-refractivity contribution in [3.05, 3.63) is 12.1 Å². The summed E-state index contributed by atoms with van der Waals surface area (Å²) in [6, 6.07) is 3.16. The zero-order valence-corrected chi connectivity index (χ0v) is 17.5. The summed E-state index contributed by atoms with van der Waals surface area (Å²) in [6.07, 6.45) is -4.71. The molecule has 2 atom stereocenters. The molecule has 0 radical (unpaired) electrons. The molecule has 0 unspecified atom stereocenters. The number of aliphatic hydroxyl groups excluding tert-OH is 2. The van der Waals surface area contributed by atoms with Gasteiger partial charge in [-0.15, -0.1) is 0 Å². The fraction of sp³-hybridized carbons (Fsp3) is 0.375. The maximum Gasteiger partial charge on any atom is 0.393 e. The van der Waals surface area contributed by atoms with Gasteiger partial charge in [0.2, 0.25) is 17.7 Å². The van der Waals surface area contributed by atoms with Crippen molar-refractivity contribution in [1.82, 2.24) is 15.0 Å². The summed E-state index contributed by atoms with van der Waals surface area (Å²) in [7, 11) is 6.05. The molecule has 0 aliphatic heterocycles. The van der Waals surface area contributed by atoms with Gasteiger partial charge >= 0.3 is 11.9 Å². The Morgan fingerprint density at radius 2 is 1.38 bits per heavy atom. The van der Waals surface area contributed by atoms with E-state index in [2.05, 4.69) is 19.9 Å². The van der Waals surface area contributed by atoms with E-state index in [0.29, 0.717) is 23.5 Å². The van der Waals surface area contributed by atoms with Gasteiger partial charge < -0.3 is 49.9 Å². The molecule has 0 aliphatic carbocycles. The number of rotatable bonds is 7. The van der Waals surface area contributed by atoms with Crippen LogP contribution in [0.5, 0.6) is 23.5 Å². The molecular formula is C16H24N6O10. The van der Waals surface area contributed by atoms with Gasteiger partial charge in [-0.2, -0.15) is 9.97 Å². The predicted molar refractivity (Wildman–Crippen MR) is 103 cm³/mol. The van der Waals surface area contributed by atoms with Crippen LogP contribution in [0.25, 0.3) is 0 Å². The van der Waals surface area contributed by atoms with Crippen LogP contribution < -0.4 is 40.5 Å². The van der Waals surface area contributed by atoms with Crippen LogP contribution in [-0.4, -0.2) is 82.9 Å². The molecule has 178 valence electrons. The van der Waals surface area contributed by atoms with Gasteiger partial charge in [0.05, 0.1) is 46.5 Å². The predicted octanol–water partition coefficient (Wildman–Crippen LogP) is -3.89. The number of carbonyl (C=O) groups is 2. The summed E-state index contributed by atoms with van der Waals surface area (Å²) in [5.41, 5.74) is 10.7. The van der Waals surface area contributed by atoms with E-state index in [1.165, 1.54) is 28.4 Å². The summed E-state index contributed by atoms with van der Waals surface area (Å²) in [4.78, 5) is 33.5. The molecule has 16 nitrogen and oxygen atoms in total. The first-order chi connectivity index (χ1) is 15.0. The van der Waals surface area contributed by atoms with E-state index in [1.807, 2.05) is 0 Å². The maximum atomic E-state index is 9.74. The van der Waals surface area contributed by atoms with Gasteiger partial charge in [0, 0.05) is 0 Å². The molecule has 8 N–H and O–H groups in total. The highest BCUT2D eigenvalue weighted by Crippen LogP contribution is 2.15. The van der Waals surface area contributed by atoms with E-state index >= 15 is 0 Å². The minimum absolute atomic E-state index is 0.140. The van der Waals surface area contributed by atoms with Crippen LogP contribution in [0.4, 0.5) is 11.9 Å². The van der Waals surface area contributed by atoms with E-state index in [0.717, 1.165) is 0 Å². The molecule has 2 heterocycles. The molecule has 0 spiro atoms. The zero-order valence-electron chi connectivity index (χ0n) is 17.5. The molecule has 0 saturated carbocycles. The molecule has 0 aliphatic rings. The number of carbonyl (C=O) groups excluding carboxylic acids is 1. The van der Waals surface area contributed by atoms with Crippen LogP contribution in [0.1, 0.15) is 0 Å². The molecule has 2 rings (SSSR count). The maximum absolute atomic E-state index is 9.74. The summed E-state index contributed by atoms with van der Waals surface area (Å²) in [5.74, 6) is -1.68. The Morgan fingerprint density at radius 3 is 1.72 bits per heavy atom. The first-order valence-corrected chi connectivity index (χ1v) is 8.29. The Morgan fingerprint density at radius 1 is 0.906 bits per heavy atom. The lowest BCUT2D eigenvalue weighted by Gasteiger charge is -2.13. The minimum atomic E-state index is -2.38. The lowest BCUT2D eigenvalue weighted by atomic mass is 10.2. The lowest BCUT2D eigenvalue weighted by molar-refractivity contribution is -0.380. The number of nitrogens with zero attached hydrogens (tertiary/aromatic N) is 3. The topological polar surface area (TPSA) is 260 Å². The van der Waals surface area contributed by atoms with Gasteiger partial charge in [-0.25, -0.2) is 9.78 Å². The first-order valence-electron chi connectivity index (χ1n) is 8.29. The van der Waals surface area contributed by atoms with Gasteiger partial charge in [-0.3, -0.25) is 5.73 Å². The lowest BCUT2D eigenvalue weighted by Crippen LogP contribution is -2.46. The highest BCUT2D eigenvalue weighted by atomic mass is 16.5. The van der Waals surface area contributed by atoms with Crippen LogP contribution in [0.3, 0.4) is 0 Å². The van der Waals surface area contributed by atoms with Gasteiger partial charge in [-0.1, -0.05) is 0 Å². The number of H-pyrrole nitrogens is 1. The number of aliphatic carboxylic acids is 2. The van der Waals surface area contributed by atoms with Crippen LogP contribution in [0.2, 0.25) is 0 Å². The van der Waals surface area contributed by atoms with Crippen molar-refractivity contribution >= 4 is 23.8 Å². The quantitative estimate of drug-likeness (QED) is 0.264. The van der Waals surface area contributed by atoms with Crippen molar-refractivity contribution in [2.24, 2.45) is 0 Å². The van der Waals surface area contributed by atoms with Crippen molar-refractivity contribution in [3.63, 3.8) is 0 Å². The molecular weight excluding hydrogens is 436 g/mol. The van der Waals surface area contributed by atoms with E-state index in [4.69, 9.17) is 45.7 Å². The number of nitrogen functional groups attached to an aromatic ring is 2. The molecule has 0 aromatic carbocycles. The molecule has 0 bridgehead atoms. The zero-order chi connectivity index (χ0) is 24.8. The number of carboxylic acid groups (broad SMARTS) is 2. The smallest absolute Gasteiger partial charge is 0.393 e. The Bertz CT molecular complexity index is 768. The number of hydrogen-bond donors (Lipinski definition) is 5. The Hall–Kier alpha value is -4.18. The molecule has 0 saturated heterocycles. The second-order valence-corrected chi connectivity index (χ2v) is 5.23. The van der Waals surface area contributed by atoms with Gasteiger partial charge in [0.25, 0.3) is 11.8 Å². The van der Waals surface area contributed by atoms with Crippen LogP contribution in [0, 0.1) is 0 Å². The fourth-order valence-corrected chi connectivity index (χ4v) is 1.56. The number of hydrogen-bond acceptors (Lipinski definition) is 14. The highest BCUT2D eigenvalue weighted by molar-refractivity contribution is 5.82. The molecule has 0 fully saturated rings. The highest BCUT2D eigenvalue weighted by Gasteiger charge is 2.24. The summed E-state index contributed by atoms with van der Waals surface area (Å²) in [5, 5.41) is 34.1. The Balaban J connectivity index is 0.000000452. The third-order valence-corrected chi connectivity index (χ3v) is 3.07. The number of nitrogens with one attached hydrogen (secondary N) is 1.